The molecule has 0 unspecified atom stereocenters. The molecule has 194 valence electrons. The van der Waals surface area contributed by atoms with Crippen molar-refractivity contribution in [3.8, 4) is 11.5 Å². The molecule has 0 aliphatic heterocycles. The quantitative estimate of drug-likeness (QED) is 0.231. The van der Waals surface area contributed by atoms with Crippen molar-refractivity contribution in [3.05, 3.63) is 23.8 Å². The molecule has 2 amide bonds. The van der Waals surface area contributed by atoms with E-state index in [0.29, 0.717) is 44.0 Å². The number of carbonyl (C=O) groups excluding carboxylic acids is 1. The molecular formula is C25H42N2O7. The van der Waals surface area contributed by atoms with Crippen LogP contribution in [0.5, 0.6) is 11.5 Å². The third-order valence-corrected chi connectivity index (χ3v) is 5.95. The number of amides is 2. The molecule has 0 aliphatic carbocycles. The number of aliphatic hydroxyl groups excluding tert-OH is 1. The van der Waals surface area contributed by atoms with Gasteiger partial charge in [0, 0.05) is 32.7 Å². The first kappa shape index (κ1) is 29.5. The van der Waals surface area contributed by atoms with Gasteiger partial charge in [-0.05, 0) is 56.2 Å². The van der Waals surface area contributed by atoms with Gasteiger partial charge in [-0.2, -0.15) is 0 Å². The molecule has 0 heterocycles. The van der Waals surface area contributed by atoms with E-state index in [2.05, 4.69) is 19.2 Å². The fourth-order valence-corrected chi connectivity index (χ4v) is 3.76. The summed E-state index contributed by atoms with van der Waals surface area (Å²) in [5.41, 5.74) is 1.03. The van der Waals surface area contributed by atoms with E-state index < -0.39 is 18.2 Å². The van der Waals surface area contributed by atoms with Crippen molar-refractivity contribution in [3.63, 3.8) is 0 Å². The van der Waals surface area contributed by atoms with Gasteiger partial charge in [0.1, 0.15) is 0 Å². The molecule has 3 atom stereocenters. The molecule has 0 spiro atoms. The van der Waals surface area contributed by atoms with E-state index in [4.69, 9.17) is 14.2 Å². The lowest BCUT2D eigenvalue weighted by molar-refractivity contribution is -0.121. The third-order valence-electron chi connectivity index (χ3n) is 5.95. The van der Waals surface area contributed by atoms with Crippen molar-refractivity contribution in [2.45, 2.75) is 65.1 Å². The maximum absolute atomic E-state index is 11.4. The Bertz CT molecular complexity index is 742. The molecule has 3 N–H and O–H groups in total. The van der Waals surface area contributed by atoms with E-state index in [9.17, 15) is 19.8 Å². The van der Waals surface area contributed by atoms with E-state index in [1.54, 1.807) is 14.2 Å². The highest BCUT2D eigenvalue weighted by Crippen LogP contribution is 2.31. The molecule has 34 heavy (non-hydrogen) atoms. The van der Waals surface area contributed by atoms with Crippen molar-refractivity contribution in [1.82, 2.24) is 10.2 Å². The summed E-state index contributed by atoms with van der Waals surface area (Å²) in [7, 11) is 3.24. The summed E-state index contributed by atoms with van der Waals surface area (Å²) in [5.74, 6) is 1.60. The van der Waals surface area contributed by atoms with Crippen molar-refractivity contribution < 1.29 is 34.0 Å². The van der Waals surface area contributed by atoms with E-state index in [1.807, 2.05) is 32.0 Å². The lowest BCUT2D eigenvalue weighted by Crippen LogP contribution is -2.50. The maximum Gasteiger partial charge on any atom is 0.404 e. The largest absolute Gasteiger partial charge is 0.493 e. The summed E-state index contributed by atoms with van der Waals surface area (Å²) in [6.45, 7) is 9.00. The molecule has 1 aromatic carbocycles. The zero-order valence-corrected chi connectivity index (χ0v) is 21.3. The van der Waals surface area contributed by atoms with Gasteiger partial charge in [0.25, 0.3) is 0 Å². The molecule has 0 saturated carbocycles. The number of carbonyl (C=O) groups is 2. The highest BCUT2D eigenvalue weighted by molar-refractivity contribution is 5.65. The van der Waals surface area contributed by atoms with Crippen LogP contribution in [0.3, 0.4) is 0 Å². The highest BCUT2D eigenvalue weighted by atomic mass is 16.5. The Balaban J connectivity index is 3.01. The molecular weight excluding hydrogens is 440 g/mol. The summed E-state index contributed by atoms with van der Waals surface area (Å²) in [4.78, 5) is 24.2. The van der Waals surface area contributed by atoms with Crippen LogP contribution in [0, 0.1) is 11.8 Å². The zero-order valence-electron chi connectivity index (χ0n) is 21.3. The summed E-state index contributed by atoms with van der Waals surface area (Å²) in [6, 6.07) is 4.97. The second-order valence-electron chi connectivity index (χ2n) is 9.14. The molecule has 0 aliphatic rings. The summed E-state index contributed by atoms with van der Waals surface area (Å²) in [6.07, 6.45) is 0.295. The zero-order chi connectivity index (χ0) is 25.7. The van der Waals surface area contributed by atoms with Crippen LogP contribution in [0.2, 0.25) is 0 Å². The van der Waals surface area contributed by atoms with Gasteiger partial charge >= 0.3 is 6.09 Å². The molecule has 0 radical (unpaired) electrons. The topological polar surface area (TPSA) is 118 Å². The first-order chi connectivity index (χ1) is 16.1. The Morgan fingerprint density at radius 1 is 1.15 bits per heavy atom. The van der Waals surface area contributed by atoms with Gasteiger partial charge in [-0.1, -0.05) is 19.9 Å². The standard InChI is InChI=1S/C25H42N2O7/c1-17(2)20(14-21(26-25(30)31)22(29)15-27(16-28)18(3)4)12-19-8-9-23(33-6)24(13-19)34-11-7-10-32-5/h8-9,13,16-18,20-22,26,29H,7,10-12,14-15H2,1-6H3,(H,30,31)/t20-,21-,22-/m0/s1. The lowest BCUT2D eigenvalue weighted by atomic mass is 9.83. The van der Waals surface area contributed by atoms with Gasteiger partial charge in [-0.15, -0.1) is 0 Å². The molecule has 1 aromatic rings. The molecule has 0 aromatic heterocycles. The molecule has 0 fully saturated rings. The van der Waals surface area contributed by atoms with Gasteiger partial charge in [-0.3, -0.25) is 4.79 Å². The van der Waals surface area contributed by atoms with E-state index >= 15 is 0 Å². The Hall–Kier alpha value is -2.52. The van der Waals surface area contributed by atoms with Crippen LogP contribution in [-0.4, -0.2) is 79.8 Å². The van der Waals surface area contributed by atoms with E-state index in [1.165, 1.54) is 4.90 Å². The summed E-state index contributed by atoms with van der Waals surface area (Å²) < 4.78 is 16.4. The third kappa shape index (κ3) is 10.2. The van der Waals surface area contributed by atoms with Crippen LogP contribution in [0.4, 0.5) is 4.79 Å². The van der Waals surface area contributed by atoms with Crippen molar-refractivity contribution in [1.29, 1.82) is 0 Å². The Labute approximate surface area is 203 Å². The minimum Gasteiger partial charge on any atom is -0.493 e. The van der Waals surface area contributed by atoms with Crippen LogP contribution in [0.25, 0.3) is 0 Å². The number of ether oxygens (including phenoxy) is 3. The van der Waals surface area contributed by atoms with Crippen LogP contribution in [0.15, 0.2) is 18.2 Å². The average Bonchev–Trinajstić information content (AvgIpc) is 2.78. The monoisotopic (exact) mass is 482 g/mol. The SMILES string of the molecule is COCCCOc1cc(C[C@@H](C[C@H](NC(=O)O)[C@@H](O)CN(C=O)C(C)C)C(C)C)ccc1OC. The Morgan fingerprint density at radius 3 is 2.38 bits per heavy atom. The first-order valence-electron chi connectivity index (χ1n) is 11.8. The smallest absolute Gasteiger partial charge is 0.404 e. The Morgan fingerprint density at radius 2 is 1.85 bits per heavy atom. The predicted molar refractivity (Wildman–Crippen MR) is 130 cm³/mol. The second kappa shape index (κ2) is 15.4. The number of hydrogen-bond acceptors (Lipinski definition) is 6. The number of hydrogen-bond donors (Lipinski definition) is 3. The van der Waals surface area contributed by atoms with Crippen LogP contribution in [-0.2, 0) is 16.0 Å². The number of rotatable bonds is 17. The highest BCUT2D eigenvalue weighted by Gasteiger charge is 2.28. The van der Waals surface area contributed by atoms with Crippen LogP contribution in [0.1, 0.15) is 46.1 Å². The average molecular weight is 483 g/mol. The number of nitrogens with one attached hydrogen (secondary N) is 1. The minimum absolute atomic E-state index is 0.0545. The van der Waals surface area contributed by atoms with E-state index in [-0.39, 0.29) is 24.4 Å². The van der Waals surface area contributed by atoms with Crippen molar-refractivity contribution in [2.24, 2.45) is 11.8 Å². The number of nitrogens with zero attached hydrogens (tertiary/aromatic N) is 1. The van der Waals surface area contributed by atoms with Crippen LogP contribution >= 0.6 is 0 Å². The molecule has 9 nitrogen and oxygen atoms in total. The molecule has 1 rings (SSSR count). The summed E-state index contributed by atoms with van der Waals surface area (Å²) >= 11 is 0. The number of carboxylic acid groups (broad SMARTS) is 1. The summed E-state index contributed by atoms with van der Waals surface area (Å²) in [5, 5.41) is 22.6. The maximum atomic E-state index is 11.4. The van der Waals surface area contributed by atoms with Crippen molar-refractivity contribution >= 4 is 12.5 Å². The molecule has 9 heteroatoms. The first-order valence-corrected chi connectivity index (χ1v) is 11.8. The number of benzene rings is 1. The molecule has 0 saturated heterocycles. The van der Waals surface area contributed by atoms with E-state index in [0.717, 1.165) is 12.0 Å². The fourth-order valence-electron chi connectivity index (χ4n) is 3.76. The lowest BCUT2D eigenvalue weighted by Gasteiger charge is -2.32. The number of aliphatic hydroxyl groups is 1. The Kier molecular flexibility index (Phi) is 13.4. The minimum atomic E-state index is -1.20. The van der Waals surface area contributed by atoms with Gasteiger partial charge in [0.2, 0.25) is 6.41 Å². The molecule has 0 bridgehead atoms. The normalized spacial score (nSPS) is 13.9. The van der Waals surface area contributed by atoms with Crippen molar-refractivity contribution in [2.75, 3.05) is 34.0 Å². The van der Waals surface area contributed by atoms with Gasteiger partial charge in [-0.25, -0.2) is 4.79 Å². The van der Waals surface area contributed by atoms with Crippen LogP contribution < -0.4 is 14.8 Å². The van der Waals surface area contributed by atoms with Gasteiger partial charge in [0.05, 0.1) is 25.9 Å². The van der Waals surface area contributed by atoms with Gasteiger partial charge in [0.15, 0.2) is 11.5 Å². The van der Waals surface area contributed by atoms with Gasteiger partial charge < -0.3 is 34.6 Å². The number of methoxy groups -OCH3 is 2. The predicted octanol–water partition coefficient (Wildman–Crippen LogP) is 3.18. The fraction of sp³-hybridized carbons (Fsp3) is 0.680. The second-order valence-corrected chi connectivity index (χ2v) is 9.14.